The minimum absolute atomic E-state index is 0.0171. The van der Waals surface area contributed by atoms with Gasteiger partial charge in [0.05, 0.1) is 10.5 Å². The molecule has 29 heavy (non-hydrogen) atoms. The summed E-state index contributed by atoms with van der Waals surface area (Å²) < 4.78 is 5.25. The van der Waals surface area contributed by atoms with E-state index in [2.05, 4.69) is 5.32 Å². The Morgan fingerprint density at radius 2 is 1.66 bits per heavy atom. The van der Waals surface area contributed by atoms with Gasteiger partial charge in [0.2, 0.25) is 0 Å². The summed E-state index contributed by atoms with van der Waals surface area (Å²) in [6.45, 7) is 1.92. The van der Waals surface area contributed by atoms with E-state index < -0.39 is 10.9 Å². The van der Waals surface area contributed by atoms with Gasteiger partial charge in [-0.2, -0.15) is 0 Å². The number of carbonyl (C=O) groups is 2. The van der Waals surface area contributed by atoms with Gasteiger partial charge < -0.3 is 10.1 Å². The summed E-state index contributed by atoms with van der Waals surface area (Å²) in [5, 5.41) is 13.4. The van der Waals surface area contributed by atoms with Crippen LogP contribution >= 0.6 is 0 Å². The molecule has 0 aliphatic heterocycles. The van der Waals surface area contributed by atoms with Gasteiger partial charge in [-0.3, -0.25) is 14.9 Å². The Hall–Kier alpha value is -4.00. The molecule has 146 valence electrons. The summed E-state index contributed by atoms with van der Waals surface area (Å²) >= 11 is 0. The van der Waals surface area contributed by atoms with Crippen LogP contribution in [-0.4, -0.2) is 16.8 Å². The third-order valence-electron chi connectivity index (χ3n) is 4.19. The SMILES string of the molecule is Cc1ccc(C(=O)Nc2cccc(C(=O)OCc3ccc([N+](=O)[O-])cc3)c2)cc1. The molecule has 0 radical (unpaired) electrons. The molecule has 0 aliphatic rings. The van der Waals surface area contributed by atoms with Crippen LogP contribution in [0.25, 0.3) is 0 Å². The van der Waals surface area contributed by atoms with Crippen molar-refractivity contribution in [2.45, 2.75) is 13.5 Å². The number of esters is 1. The first-order valence-electron chi connectivity index (χ1n) is 8.81. The molecule has 0 aromatic heterocycles. The van der Waals surface area contributed by atoms with E-state index in [9.17, 15) is 19.7 Å². The molecular formula is C22H18N2O5. The molecule has 0 heterocycles. The zero-order chi connectivity index (χ0) is 20.8. The van der Waals surface area contributed by atoms with Gasteiger partial charge in [-0.25, -0.2) is 4.79 Å². The maximum atomic E-state index is 12.3. The number of rotatable bonds is 6. The van der Waals surface area contributed by atoms with Gasteiger partial charge in [0.1, 0.15) is 6.61 Å². The number of nitrogens with zero attached hydrogens (tertiary/aromatic N) is 1. The van der Waals surface area contributed by atoms with Crippen molar-refractivity contribution >= 4 is 23.3 Å². The van der Waals surface area contributed by atoms with E-state index >= 15 is 0 Å². The van der Waals surface area contributed by atoms with E-state index in [1.54, 1.807) is 30.3 Å². The highest BCUT2D eigenvalue weighted by atomic mass is 16.6. The fraction of sp³-hybridized carbons (Fsp3) is 0.0909. The molecule has 0 fully saturated rings. The zero-order valence-electron chi connectivity index (χ0n) is 15.6. The molecular weight excluding hydrogens is 372 g/mol. The van der Waals surface area contributed by atoms with Crippen LogP contribution in [0.15, 0.2) is 72.8 Å². The second-order valence-corrected chi connectivity index (χ2v) is 6.40. The van der Waals surface area contributed by atoms with Crippen molar-refractivity contribution in [2.24, 2.45) is 0 Å². The van der Waals surface area contributed by atoms with Crippen LogP contribution in [0.5, 0.6) is 0 Å². The Kier molecular flexibility index (Phi) is 5.99. The van der Waals surface area contributed by atoms with E-state index in [4.69, 9.17) is 4.74 Å². The maximum Gasteiger partial charge on any atom is 0.338 e. The summed E-state index contributed by atoms with van der Waals surface area (Å²) in [5.41, 5.74) is 2.93. The highest BCUT2D eigenvalue weighted by Crippen LogP contribution is 2.16. The molecule has 0 spiro atoms. The summed E-state index contributed by atoms with van der Waals surface area (Å²) in [6.07, 6.45) is 0. The summed E-state index contributed by atoms with van der Waals surface area (Å²) in [5.74, 6) is -0.837. The first kappa shape index (κ1) is 19.8. The number of carbonyl (C=O) groups excluding carboxylic acids is 2. The van der Waals surface area contributed by atoms with Gasteiger partial charge in [0, 0.05) is 23.4 Å². The van der Waals surface area contributed by atoms with E-state index in [0.717, 1.165) is 5.56 Å². The second-order valence-electron chi connectivity index (χ2n) is 6.40. The van der Waals surface area contributed by atoms with Gasteiger partial charge in [0.25, 0.3) is 11.6 Å². The molecule has 0 atom stereocenters. The Balaban J connectivity index is 1.62. The summed E-state index contributed by atoms with van der Waals surface area (Å²) in [7, 11) is 0. The standard InChI is InChI=1S/C22H18N2O5/c1-15-5-9-17(10-6-15)21(25)23-19-4-2-3-18(13-19)22(26)29-14-16-7-11-20(12-8-16)24(27)28/h2-13H,14H2,1H3,(H,23,25). The minimum Gasteiger partial charge on any atom is -0.457 e. The van der Waals surface area contributed by atoms with Crippen LogP contribution in [0.2, 0.25) is 0 Å². The van der Waals surface area contributed by atoms with Crippen LogP contribution < -0.4 is 5.32 Å². The smallest absolute Gasteiger partial charge is 0.338 e. The number of ether oxygens (including phenoxy) is 1. The van der Waals surface area contributed by atoms with E-state index in [-0.39, 0.29) is 23.8 Å². The van der Waals surface area contributed by atoms with E-state index in [1.165, 1.54) is 30.3 Å². The highest BCUT2D eigenvalue weighted by molar-refractivity contribution is 6.04. The number of nitro benzene ring substituents is 1. The molecule has 1 N–H and O–H groups in total. The molecule has 1 amide bonds. The number of hydrogen-bond acceptors (Lipinski definition) is 5. The molecule has 0 bridgehead atoms. The largest absolute Gasteiger partial charge is 0.457 e. The number of hydrogen-bond donors (Lipinski definition) is 1. The monoisotopic (exact) mass is 390 g/mol. The number of anilines is 1. The maximum absolute atomic E-state index is 12.3. The fourth-order valence-electron chi connectivity index (χ4n) is 2.58. The predicted octanol–water partition coefficient (Wildman–Crippen LogP) is 4.51. The zero-order valence-corrected chi connectivity index (χ0v) is 15.6. The first-order valence-corrected chi connectivity index (χ1v) is 8.81. The third kappa shape index (κ3) is 5.26. The Morgan fingerprint density at radius 3 is 2.31 bits per heavy atom. The minimum atomic E-state index is -0.560. The Morgan fingerprint density at radius 1 is 0.966 bits per heavy atom. The number of non-ortho nitro benzene ring substituents is 1. The quantitative estimate of drug-likeness (QED) is 0.379. The lowest BCUT2D eigenvalue weighted by Crippen LogP contribution is -2.12. The second kappa shape index (κ2) is 8.79. The lowest BCUT2D eigenvalue weighted by Gasteiger charge is -2.08. The number of benzene rings is 3. The van der Waals surface area contributed by atoms with Crippen LogP contribution in [0.4, 0.5) is 11.4 Å². The van der Waals surface area contributed by atoms with E-state index in [0.29, 0.717) is 16.8 Å². The topological polar surface area (TPSA) is 98.5 Å². The predicted molar refractivity (Wildman–Crippen MR) is 108 cm³/mol. The van der Waals surface area contributed by atoms with Gasteiger partial charge in [-0.1, -0.05) is 23.8 Å². The summed E-state index contributed by atoms with van der Waals surface area (Å²) in [4.78, 5) is 34.8. The highest BCUT2D eigenvalue weighted by Gasteiger charge is 2.11. The Bertz CT molecular complexity index is 1040. The fourth-order valence-corrected chi connectivity index (χ4v) is 2.58. The van der Waals surface area contributed by atoms with Gasteiger partial charge in [0.15, 0.2) is 0 Å². The van der Waals surface area contributed by atoms with Crippen LogP contribution in [0.3, 0.4) is 0 Å². The van der Waals surface area contributed by atoms with Crippen molar-refractivity contribution in [1.29, 1.82) is 0 Å². The molecule has 0 unspecified atom stereocenters. The summed E-state index contributed by atoms with van der Waals surface area (Å²) in [6, 6.07) is 19.4. The average Bonchev–Trinajstić information content (AvgIpc) is 2.73. The number of amides is 1. The Labute approximate surface area is 167 Å². The third-order valence-corrected chi connectivity index (χ3v) is 4.19. The molecule has 3 rings (SSSR count). The lowest BCUT2D eigenvalue weighted by atomic mass is 10.1. The van der Waals surface area contributed by atoms with Crippen molar-refractivity contribution in [1.82, 2.24) is 0 Å². The van der Waals surface area contributed by atoms with Crippen LogP contribution in [-0.2, 0) is 11.3 Å². The van der Waals surface area contributed by atoms with Crippen molar-refractivity contribution in [3.63, 3.8) is 0 Å². The molecule has 3 aromatic carbocycles. The van der Waals surface area contributed by atoms with Gasteiger partial charge >= 0.3 is 5.97 Å². The van der Waals surface area contributed by atoms with Crippen LogP contribution in [0, 0.1) is 17.0 Å². The molecule has 0 aliphatic carbocycles. The van der Waals surface area contributed by atoms with Crippen molar-refractivity contribution in [2.75, 3.05) is 5.32 Å². The molecule has 0 saturated carbocycles. The van der Waals surface area contributed by atoms with E-state index in [1.807, 2.05) is 19.1 Å². The normalized spacial score (nSPS) is 10.2. The lowest BCUT2D eigenvalue weighted by molar-refractivity contribution is -0.384. The van der Waals surface area contributed by atoms with Crippen molar-refractivity contribution in [3.05, 3.63) is 105 Å². The first-order chi connectivity index (χ1) is 13.9. The molecule has 7 nitrogen and oxygen atoms in total. The molecule has 0 saturated heterocycles. The van der Waals surface area contributed by atoms with Crippen molar-refractivity contribution in [3.8, 4) is 0 Å². The van der Waals surface area contributed by atoms with Crippen molar-refractivity contribution < 1.29 is 19.2 Å². The van der Waals surface area contributed by atoms with Gasteiger partial charge in [-0.05, 0) is 55.0 Å². The van der Waals surface area contributed by atoms with Crippen LogP contribution in [0.1, 0.15) is 31.8 Å². The number of nitro groups is 1. The average molecular weight is 390 g/mol. The number of nitrogens with one attached hydrogen (secondary N) is 1. The number of aryl methyl sites for hydroxylation is 1. The molecule has 3 aromatic rings. The molecule has 7 heteroatoms. The van der Waals surface area contributed by atoms with Gasteiger partial charge in [-0.15, -0.1) is 0 Å².